The minimum atomic E-state index is -3.73. The maximum Gasteiger partial charge on any atom is 0.335 e. The van der Waals surface area contributed by atoms with Crippen molar-refractivity contribution in [3.05, 3.63) is 59.7 Å². The average molecular weight is 378 g/mol. The van der Waals surface area contributed by atoms with Crippen LogP contribution in [0.15, 0.2) is 48.5 Å². The van der Waals surface area contributed by atoms with E-state index in [9.17, 15) is 13.2 Å². The van der Waals surface area contributed by atoms with E-state index >= 15 is 0 Å². The summed E-state index contributed by atoms with van der Waals surface area (Å²) in [7, 11) is 0.0511. The van der Waals surface area contributed by atoms with Gasteiger partial charge in [0.15, 0.2) is 0 Å². The maximum absolute atomic E-state index is 12.5. The Bertz CT molecular complexity index is 851. The first-order valence-corrected chi connectivity index (χ1v) is 9.61. The number of carboxylic acid groups (broad SMARTS) is 1. The van der Waals surface area contributed by atoms with E-state index in [0.29, 0.717) is 18.7 Å². The summed E-state index contributed by atoms with van der Waals surface area (Å²) in [6, 6.07) is 12.8. The molecule has 0 aliphatic carbocycles. The Labute approximate surface area is 153 Å². The SMILES string of the molecule is CN(C)CCOc1ccc(C(=O)O)cc1NS(=O)(=O)Cc1ccccc1. The Balaban J connectivity index is 2.23. The standard InChI is InChI=1S/C18H22N2O5S/c1-20(2)10-11-25-17-9-8-15(18(21)22)12-16(17)19-26(23,24)13-14-6-4-3-5-7-14/h3-9,12,19H,10-11,13H2,1-2H3,(H,21,22). The van der Waals surface area contributed by atoms with E-state index in [0.717, 1.165) is 0 Å². The summed E-state index contributed by atoms with van der Waals surface area (Å²) in [5.74, 6) is -1.08. The van der Waals surface area contributed by atoms with Crippen molar-refractivity contribution in [2.45, 2.75) is 5.75 Å². The summed E-state index contributed by atoms with van der Waals surface area (Å²) in [6.07, 6.45) is 0. The molecule has 0 bridgehead atoms. The van der Waals surface area contributed by atoms with Gasteiger partial charge in [-0.1, -0.05) is 30.3 Å². The maximum atomic E-state index is 12.5. The molecule has 140 valence electrons. The van der Waals surface area contributed by atoms with Crippen molar-refractivity contribution < 1.29 is 23.1 Å². The fourth-order valence-corrected chi connectivity index (χ4v) is 3.40. The summed E-state index contributed by atoms with van der Waals surface area (Å²) in [4.78, 5) is 13.1. The highest BCUT2D eigenvalue weighted by Gasteiger charge is 2.17. The van der Waals surface area contributed by atoms with E-state index in [2.05, 4.69) is 4.72 Å². The molecule has 2 rings (SSSR count). The number of hydrogen-bond acceptors (Lipinski definition) is 5. The number of aromatic carboxylic acids is 1. The van der Waals surface area contributed by atoms with Crippen LogP contribution in [0.1, 0.15) is 15.9 Å². The van der Waals surface area contributed by atoms with Crippen LogP contribution in [0.2, 0.25) is 0 Å². The second-order valence-corrected chi connectivity index (χ2v) is 7.74. The smallest absolute Gasteiger partial charge is 0.335 e. The molecule has 7 nitrogen and oxygen atoms in total. The van der Waals surface area contributed by atoms with Gasteiger partial charge < -0.3 is 14.7 Å². The lowest BCUT2D eigenvalue weighted by Gasteiger charge is -2.16. The normalized spacial score (nSPS) is 11.3. The molecule has 2 aromatic carbocycles. The van der Waals surface area contributed by atoms with E-state index in [4.69, 9.17) is 9.84 Å². The van der Waals surface area contributed by atoms with Crippen molar-refractivity contribution in [2.24, 2.45) is 0 Å². The fraction of sp³-hybridized carbons (Fsp3) is 0.278. The first-order chi connectivity index (χ1) is 12.3. The van der Waals surface area contributed by atoms with Gasteiger partial charge in [-0.05, 0) is 37.9 Å². The van der Waals surface area contributed by atoms with Gasteiger partial charge in [-0.15, -0.1) is 0 Å². The zero-order valence-electron chi connectivity index (χ0n) is 14.7. The van der Waals surface area contributed by atoms with Crippen LogP contribution < -0.4 is 9.46 Å². The van der Waals surface area contributed by atoms with Crippen molar-refractivity contribution in [1.82, 2.24) is 4.90 Å². The van der Waals surface area contributed by atoms with Crippen molar-refractivity contribution in [3.8, 4) is 5.75 Å². The van der Waals surface area contributed by atoms with Crippen LogP contribution in [0.25, 0.3) is 0 Å². The van der Waals surface area contributed by atoms with Gasteiger partial charge in [-0.3, -0.25) is 4.72 Å². The van der Waals surface area contributed by atoms with E-state index < -0.39 is 16.0 Å². The molecular weight excluding hydrogens is 356 g/mol. The third-order valence-electron chi connectivity index (χ3n) is 3.49. The average Bonchev–Trinajstić information content (AvgIpc) is 2.55. The zero-order chi connectivity index (χ0) is 19.2. The summed E-state index contributed by atoms with van der Waals surface area (Å²) >= 11 is 0. The quantitative estimate of drug-likeness (QED) is 0.695. The highest BCUT2D eigenvalue weighted by Crippen LogP contribution is 2.27. The molecule has 0 aliphatic rings. The Kier molecular flexibility index (Phi) is 6.59. The first kappa shape index (κ1) is 19.7. The molecule has 0 aromatic heterocycles. The van der Waals surface area contributed by atoms with Crippen molar-refractivity contribution in [3.63, 3.8) is 0 Å². The van der Waals surface area contributed by atoms with Crippen LogP contribution in [0, 0.1) is 0 Å². The summed E-state index contributed by atoms with van der Waals surface area (Å²) in [6.45, 7) is 0.976. The molecule has 0 radical (unpaired) electrons. The third-order valence-corrected chi connectivity index (χ3v) is 4.73. The van der Waals surface area contributed by atoms with Gasteiger partial charge in [-0.25, -0.2) is 13.2 Å². The van der Waals surface area contributed by atoms with E-state index in [1.165, 1.54) is 18.2 Å². The van der Waals surface area contributed by atoms with Crippen LogP contribution in [0.5, 0.6) is 5.75 Å². The van der Waals surface area contributed by atoms with Gasteiger partial charge >= 0.3 is 5.97 Å². The topological polar surface area (TPSA) is 95.9 Å². The van der Waals surface area contributed by atoms with Gasteiger partial charge in [0.25, 0.3) is 0 Å². The van der Waals surface area contributed by atoms with Crippen LogP contribution in [0.4, 0.5) is 5.69 Å². The predicted molar refractivity (Wildman–Crippen MR) is 100 cm³/mol. The highest BCUT2D eigenvalue weighted by atomic mass is 32.2. The third kappa shape index (κ3) is 6.05. The van der Waals surface area contributed by atoms with Gasteiger partial charge in [0, 0.05) is 6.54 Å². The van der Waals surface area contributed by atoms with Crippen LogP contribution in [-0.4, -0.2) is 51.6 Å². The van der Waals surface area contributed by atoms with Crippen LogP contribution in [-0.2, 0) is 15.8 Å². The fourth-order valence-electron chi connectivity index (χ4n) is 2.20. The zero-order valence-corrected chi connectivity index (χ0v) is 15.5. The molecule has 0 amide bonds. The lowest BCUT2D eigenvalue weighted by Crippen LogP contribution is -2.20. The van der Waals surface area contributed by atoms with Gasteiger partial charge in [0.2, 0.25) is 10.0 Å². The number of likely N-dealkylation sites (N-methyl/N-ethyl adjacent to an activating group) is 1. The summed E-state index contributed by atoms with van der Waals surface area (Å²) < 4.78 is 33.0. The second-order valence-electron chi connectivity index (χ2n) is 6.01. The van der Waals surface area contributed by atoms with E-state index in [1.807, 2.05) is 19.0 Å². The van der Waals surface area contributed by atoms with E-state index in [1.54, 1.807) is 30.3 Å². The first-order valence-electron chi connectivity index (χ1n) is 7.96. The number of carbonyl (C=O) groups is 1. The minimum Gasteiger partial charge on any atom is -0.490 e. The molecule has 2 aromatic rings. The Morgan fingerprint density at radius 1 is 1.15 bits per heavy atom. The molecule has 8 heteroatoms. The lowest BCUT2D eigenvalue weighted by molar-refractivity contribution is 0.0697. The number of carboxylic acids is 1. The molecule has 0 heterocycles. The predicted octanol–water partition coefficient (Wildman–Crippen LogP) is 2.27. The molecule has 0 saturated carbocycles. The molecule has 0 spiro atoms. The molecule has 26 heavy (non-hydrogen) atoms. The number of nitrogens with zero attached hydrogens (tertiary/aromatic N) is 1. The number of benzene rings is 2. The molecule has 0 saturated heterocycles. The molecular formula is C18H22N2O5S. The van der Waals surface area contributed by atoms with Crippen molar-refractivity contribution in [2.75, 3.05) is 32.0 Å². The highest BCUT2D eigenvalue weighted by molar-refractivity contribution is 7.91. The number of rotatable bonds is 9. The molecule has 0 fully saturated rings. The van der Waals surface area contributed by atoms with Gasteiger partial charge in [0.1, 0.15) is 12.4 Å². The lowest BCUT2D eigenvalue weighted by atomic mass is 10.2. The Morgan fingerprint density at radius 3 is 2.46 bits per heavy atom. The number of ether oxygens (including phenoxy) is 1. The van der Waals surface area contributed by atoms with Crippen LogP contribution in [0.3, 0.4) is 0 Å². The number of nitrogens with one attached hydrogen (secondary N) is 1. The molecule has 2 N–H and O–H groups in total. The number of hydrogen-bond donors (Lipinski definition) is 2. The summed E-state index contributed by atoms with van der Waals surface area (Å²) in [5.41, 5.74) is 0.714. The minimum absolute atomic E-state index is 0.0256. The van der Waals surface area contributed by atoms with Gasteiger partial charge in [0.05, 0.1) is 17.0 Å². The van der Waals surface area contributed by atoms with Crippen LogP contribution >= 0.6 is 0 Å². The number of anilines is 1. The molecule has 0 aliphatic heterocycles. The van der Waals surface area contributed by atoms with Gasteiger partial charge in [-0.2, -0.15) is 0 Å². The monoisotopic (exact) mass is 378 g/mol. The molecule has 0 unspecified atom stereocenters. The van der Waals surface area contributed by atoms with E-state index in [-0.39, 0.29) is 22.8 Å². The Hall–Kier alpha value is -2.58. The molecule has 0 atom stereocenters. The largest absolute Gasteiger partial charge is 0.490 e. The Morgan fingerprint density at radius 2 is 1.85 bits per heavy atom. The van der Waals surface area contributed by atoms with Crippen molar-refractivity contribution in [1.29, 1.82) is 0 Å². The van der Waals surface area contributed by atoms with Crippen molar-refractivity contribution >= 4 is 21.7 Å². The number of sulfonamides is 1. The second kappa shape index (κ2) is 8.68. The summed E-state index contributed by atoms with van der Waals surface area (Å²) in [5, 5.41) is 9.16.